The van der Waals surface area contributed by atoms with E-state index in [0.29, 0.717) is 0 Å². The standard InChI is InChI=1S/C16H24O3/c1-11(2)13(12-9-7-6-8-10-12)16(5,19)14(17)15(3,4)18/h6-11,13,18-19H,1-5H3. The molecule has 0 saturated carbocycles. The van der Waals surface area contributed by atoms with Crippen LogP contribution in [0.3, 0.4) is 0 Å². The van der Waals surface area contributed by atoms with Gasteiger partial charge in [-0.15, -0.1) is 0 Å². The lowest BCUT2D eigenvalue weighted by atomic mass is 9.71. The van der Waals surface area contributed by atoms with Gasteiger partial charge in [0.2, 0.25) is 0 Å². The minimum Gasteiger partial charge on any atom is -0.383 e. The molecule has 0 radical (unpaired) electrons. The van der Waals surface area contributed by atoms with E-state index in [9.17, 15) is 15.0 Å². The molecular formula is C16H24O3. The van der Waals surface area contributed by atoms with Crippen molar-refractivity contribution in [1.82, 2.24) is 0 Å². The second kappa shape index (κ2) is 5.43. The highest BCUT2D eigenvalue weighted by Crippen LogP contribution is 2.37. The molecule has 106 valence electrons. The Bertz CT molecular complexity index is 427. The highest BCUT2D eigenvalue weighted by atomic mass is 16.3. The van der Waals surface area contributed by atoms with Crippen molar-refractivity contribution in [3.8, 4) is 0 Å². The third-order valence-corrected chi connectivity index (χ3v) is 3.45. The second-order valence-corrected chi connectivity index (χ2v) is 6.17. The van der Waals surface area contributed by atoms with Crippen LogP contribution in [0.25, 0.3) is 0 Å². The van der Waals surface area contributed by atoms with Gasteiger partial charge in [-0.05, 0) is 32.3 Å². The molecule has 0 aliphatic heterocycles. The first-order chi connectivity index (χ1) is 8.58. The van der Waals surface area contributed by atoms with Gasteiger partial charge in [-0.3, -0.25) is 4.79 Å². The summed E-state index contributed by atoms with van der Waals surface area (Å²) in [6.45, 7) is 8.23. The summed E-state index contributed by atoms with van der Waals surface area (Å²) in [4.78, 5) is 12.3. The van der Waals surface area contributed by atoms with E-state index in [-0.39, 0.29) is 11.8 Å². The molecule has 0 amide bonds. The highest BCUT2D eigenvalue weighted by molar-refractivity contribution is 5.94. The molecule has 1 aromatic carbocycles. The van der Waals surface area contributed by atoms with Crippen molar-refractivity contribution in [3.63, 3.8) is 0 Å². The molecule has 3 heteroatoms. The molecule has 0 fully saturated rings. The van der Waals surface area contributed by atoms with Gasteiger partial charge in [-0.1, -0.05) is 44.2 Å². The molecule has 1 rings (SSSR count). The minimum atomic E-state index is -1.60. The summed E-state index contributed by atoms with van der Waals surface area (Å²) in [5, 5.41) is 20.6. The second-order valence-electron chi connectivity index (χ2n) is 6.17. The Morgan fingerprint density at radius 3 is 1.89 bits per heavy atom. The van der Waals surface area contributed by atoms with Crippen molar-refractivity contribution in [2.24, 2.45) is 5.92 Å². The molecule has 19 heavy (non-hydrogen) atoms. The Hall–Kier alpha value is -1.19. The summed E-state index contributed by atoms with van der Waals surface area (Å²) in [5.41, 5.74) is -2.25. The average molecular weight is 264 g/mol. The average Bonchev–Trinajstić information content (AvgIpc) is 2.27. The number of rotatable bonds is 5. The Morgan fingerprint density at radius 2 is 1.53 bits per heavy atom. The van der Waals surface area contributed by atoms with E-state index in [1.165, 1.54) is 20.8 Å². The topological polar surface area (TPSA) is 57.5 Å². The van der Waals surface area contributed by atoms with E-state index in [4.69, 9.17) is 0 Å². The normalized spacial score (nSPS) is 17.1. The number of carbonyl (C=O) groups is 1. The smallest absolute Gasteiger partial charge is 0.195 e. The number of hydrogen-bond acceptors (Lipinski definition) is 3. The van der Waals surface area contributed by atoms with E-state index in [2.05, 4.69) is 0 Å². The van der Waals surface area contributed by atoms with E-state index in [0.717, 1.165) is 5.56 Å². The zero-order valence-corrected chi connectivity index (χ0v) is 12.3. The lowest BCUT2D eigenvalue weighted by Crippen LogP contribution is -2.52. The van der Waals surface area contributed by atoms with Crippen LogP contribution in [0.4, 0.5) is 0 Å². The molecule has 2 unspecified atom stereocenters. The molecule has 2 atom stereocenters. The third-order valence-electron chi connectivity index (χ3n) is 3.45. The Balaban J connectivity index is 3.24. The van der Waals surface area contributed by atoms with E-state index in [1.807, 2.05) is 44.2 Å². The third kappa shape index (κ3) is 3.43. The quantitative estimate of drug-likeness (QED) is 0.859. The maximum atomic E-state index is 12.3. The molecular weight excluding hydrogens is 240 g/mol. The van der Waals surface area contributed by atoms with Gasteiger partial charge in [0.05, 0.1) is 0 Å². The summed E-state index contributed by atoms with van der Waals surface area (Å²) in [6.07, 6.45) is 0. The predicted octanol–water partition coefficient (Wildman–Crippen LogP) is 2.52. The largest absolute Gasteiger partial charge is 0.383 e. The molecule has 0 bridgehead atoms. The zero-order chi connectivity index (χ0) is 14.8. The molecule has 0 heterocycles. The van der Waals surface area contributed by atoms with Gasteiger partial charge in [0.1, 0.15) is 11.2 Å². The van der Waals surface area contributed by atoms with Crippen molar-refractivity contribution in [2.45, 2.75) is 51.7 Å². The Morgan fingerprint density at radius 1 is 1.05 bits per heavy atom. The molecule has 1 aromatic rings. The zero-order valence-electron chi connectivity index (χ0n) is 12.3. The van der Waals surface area contributed by atoms with Crippen LogP contribution in [0.15, 0.2) is 30.3 Å². The van der Waals surface area contributed by atoms with Crippen molar-refractivity contribution in [2.75, 3.05) is 0 Å². The first-order valence-corrected chi connectivity index (χ1v) is 6.63. The van der Waals surface area contributed by atoms with Crippen molar-refractivity contribution in [3.05, 3.63) is 35.9 Å². The Kier molecular flexibility index (Phi) is 4.54. The minimum absolute atomic E-state index is 0.0729. The van der Waals surface area contributed by atoms with E-state index >= 15 is 0 Å². The Labute approximate surface area is 115 Å². The van der Waals surface area contributed by atoms with E-state index in [1.54, 1.807) is 0 Å². The predicted molar refractivity (Wildman–Crippen MR) is 75.9 cm³/mol. The number of ketones is 1. The number of Topliss-reactive ketones (excluding diaryl/α,β-unsaturated/α-hetero) is 1. The maximum absolute atomic E-state index is 12.3. The summed E-state index contributed by atoms with van der Waals surface area (Å²) in [7, 11) is 0. The molecule has 2 N–H and O–H groups in total. The van der Waals surface area contributed by atoms with Crippen LogP contribution in [0.5, 0.6) is 0 Å². The fourth-order valence-electron chi connectivity index (χ4n) is 2.78. The van der Waals surface area contributed by atoms with Crippen LogP contribution in [0.1, 0.15) is 46.1 Å². The summed E-state index contributed by atoms with van der Waals surface area (Å²) in [5.74, 6) is -0.834. The number of hydrogen-bond donors (Lipinski definition) is 2. The molecule has 0 saturated heterocycles. The lowest BCUT2D eigenvalue weighted by Gasteiger charge is -2.38. The molecule has 3 nitrogen and oxygen atoms in total. The van der Waals surface area contributed by atoms with Crippen molar-refractivity contribution >= 4 is 5.78 Å². The van der Waals surface area contributed by atoms with Crippen LogP contribution in [0.2, 0.25) is 0 Å². The maximum Gasteiger partial charge on any atom is 0.195 e. The first kappa shape index (κ1) is 15.9. The van der Waals surface area contributed by atoms with Crippen molar-refractivity contribution in [1.29, 1.82) is 0 Å². The van der Waals surface area contributed by atoms with Crippen LogP contribution in [-0.4, -0.2) is 27.2 Å². The van der Waals surface area contributed by atoms with Gasteiger partial charge < -0.3 is 10.2 Å². The van der Waals surface area contributed by atoms with Gasteiger partial charge in [0.25, 0.3) is 0 Å². The van der Waals surface area contributed by atoms with Crippen LogP contribution in [-0.2, 0) is 4.79 Å². The van der Waals surface area contributed by atoms with Crippen LogP contribution >= 0.6 is 0 Å². The van der Waals surface area contributed by atoms with Crippen LogP contribution < -0.4 is 0 Å². The molecule has 0 aromatic heterocycles. The van der Waals surface area contributed by atoms with Gasteiger partial charge in [-0.2, -0.15) is 0 Å². The first-order valence-electron chi connectivity index (χ1n) is 6.63. The fraction of sp³-hybridized carbons (Fsp3) is 0.562. The SMILES string of the molecule is CC(C)C(c1ccccc1)C(C)(O)C(=O)C(C)(C)O. The molecule has 0 aliphatic rings. The van der Waals surface area contributed by atoms with E-state index < -0.39 is 17.0 Å². The molecule has 0 spiro atoms. The number of aliphatic hydroxyl groups is 2. The van der Waals surface area contributed by atoms with Gasteiger partial charge >= 0.3 is 0 Å². The van der Waals surface area contributed by atoms with Crippen LogP contribution in [0, 0.1) is 5.92 Å². The van der Waals surface area contributed by atoms with Gasteiger partial charge in [0, 0.05) is 5.92 Å². The highest BCUT2D eigenvalue weighted by Gasteiger charge is 2.47. The number of carbonyl (C=O) groups excluding carboxylic acids is 1. The summed E-state index contributed by atoms with van der Waals surface area (Å²) in [6, 6.07) is 9.46. The van der Waals surface area contributed by atoms with Gasteiger partial charge in [-0.25, -0.2) is 0 Å². The fourth-order valence-corrected chi connectivity index (χ4v) is 2.78. The van der Waals surface area contributed by atoms with Gasteiger partial charge in [0.15, 0.2) is 5.78 Å². The lowest BCUT2D eigenvalue weighted by molar-refractivity contribution is -0.155. The van der Waals surface area contributed by atoms with Crippen molar-refractivity contribution < 1.29 is 15.0 Å². The number of benzene rings is 1. The summed E-state index contributed by atoms with van der Waals surface area (Å²) < 4.78 is 0. The monoisotopic (exact) mass is 264 g/mol. The summed E-state index contributed by atoms with van der Waals surface area (Å²) >= 11 is 0. The molecule has 0 aliphatic carbocycles.